The number of aryl methyl sites for hydroxylation is 3. The maximum atomic E-state index is 12.7. The van der Waals surface area contributed by atoms with Crippen molar-refractivity contribution in [1.29, 1.82) is 0 Å². The fourth-order valence-electron chi connectivity index (χ4n) is 3.94. The Morgan fingerprint density at radius 2 is 1.92 bits per heavy atom. The van der Waals surface area contributed by atoms with E-state index < -0.39 is 15.9 Å². The zero-order chi connectivity index (χ0) is 18.3. The highest BCUT2D eigenvalue weighted by atomic mass is 32.2. The van der Waals surface area contributed by atoms with E-state index in [-0.39, 0.29) is 5.03 Å². The van der Waals surface area contributed by atoms with Gasteiger partial charge in [-0.25, -0.2) is 14.1 Å². The number of urea groups is 1. The lowest BCUT2D eigenvalue weighted by Gasteiger charge is -2.15. The number of anilines is 1. The zero-order valence-electron chi connectivity index (χ0n) is 14.8. The van der Waals surface area contributed by atoms with E-state index in [0.29, 0.717) is 6.54 Å². The topological polar surface area (TPSA) is 102 Å². The molecule has 138 valence electrons. The largest absolute Gasteiger partial charge is 0.354 e. The molecule has 0 fully saturated rings. The van der Waals surface area contributed by atoms with Crippen molar-refractivity contribution in [3.05, 3.63) is 40.6 Å². The van der Waals surface area contributed by atoms with Gasteiger partial charge in [-0.05, 0) is 73.8 Å². The number of hydrogen-bond donors (Lipinski definition) is 2. The van der Waals surface area contributed by atoms with Crippen LogP contribution in [0.1, 0.15) is 42.0 Å². The molecule has 8 heteroatoms. The van der Waals surface area contributed by atoms with Gasteiger partial charge in [0.2, 0.25) is 0 Å². The summed E-state index contributed by atoms with van der Waals surface area (Å²) in [4.78, 5) is 12.5. The van der Waals surface area contributed by atoms with Gasteiger partial charge in [0.1, 0.15) is 0 Å². The normalized spacial score (nSPS) is 17.5. The molecule has 7 nitrogen and oxygen atoms in total. The van der Waals surface area contributed by atoms with Crippen molar-refractivity contribution in [3.63, 3.8) is 0 Å². The molecule has 1 aromatic carbocycles. The van der Waals surface area contributed by atoms with Gasteiger partial charge in [0, 0.05) is 18.4 Å². The quantitative estimate of drug-likeness (QED) is 0.864. The van der Waals surface area contributed by atoms with Crippen LogP contribution in [0.3, 0.4) is 0 Å². The lowest BCUT2D eigenvalue weighted by molar-refractivity contribution is 0.260. The number of nitrogens with one attached hydrogen (secondary N) is 1. The Hall–Kier alpha value is -2.19. The molecular formula is C18H23N5O2S. The van der Waals surface area contributed by atoms with Crippen LogP contribution in [-0.4, -0.2) is 20.0 Å². The number of benzene rings is 1. The van der Waals surface area contributed by atoms with Crippen molar-refractivity contribution in [2.75, 3.05) is 5.32 Å². The van der Waals surface area contributed by atoms with Crippen LogP contribution in [0, 0.1) is 0 Å². The first-order valence-electron chi connectivity index (χ1n) is 9.04. The minimum Gasteiger partial charge on any atom is -0.305 e. The Morgan fingerprint density at radius 1 is 1.27 bits per heavy atom. The second-order valence-electron chi connectivity index (χ2n) is 6.83. The fourth-order valence-corrected chi connectivity index (χ4v) is 4.81. The first-order chi connectivity index (χ1) is 12.5. The van der Waals surface area contributed by atoms with Crippen molar-refractivity contribution in [1.82, 2.24) is 9.78 Å². The van der Waals surface area contributed by atoms with E-state index >= 15 is 0 Å². The van der Waals surface area contributed by atoms with E-state index in [2.05, 4.69) is 20.8 Å². The van der Waals surface area contributed by atoms with Gasteiger partial charge in [-0.15, -0.1) is 4.36 Å². The summed E-state index contributed by atoms with van der Waals surface area (Å²) in [7, 11) is -3.37. The molecule has 4 rings (SSSR count). The Balaban J connectivity index is 1.66. The number of amides is 2. The summed E-state index contributed by atoms with van der Waals surface area (Å²) in [5.41, 5.74) is 5.91. The van der Waals surface area contributed by atoms with Crippen molar-refractivity contribution in [2.24, 2.45) is 9.50 Å². The summed E-state index contributed by atoms with van der Waals surface area (Å²) in [6.07, 6.45) is 7.87. The molecule has 2 amide bonds. The van der Waals surface area contributed by atoms with E-state index in [9.17, 15) is 9.00 Å². The number of hydrogen-bond acceptors (Lipinski definition) is 3. The number of nitrogens with zero attached hydrogens (tertiary/aromatic N) is 3. The Bertz CT molecular complexity index is 969. The van der Waals surface area contributed by atoms with Gasteiger partial charge in [-0.3, -0.25) is 4.68 Å². The minimum atomic E-state index is -3.37. The van der Waals surface area contributed by atoms with E-state index in [1.807, 2.05) is 6.92 Å². The Morgan fingerprint density at radius 3 is 2.50 bits per heavy atom. The van der Waals surface area contributed by atoms with Gasteiger partial charge in [0.15, 0.2) is 14.9 Å². The average Bonchev–Trinajstić information content (AvgIpc) is 3.33. The van der Waals surface area contributed by atoms with Crippen LogP contribution in [0.2, 0.25) is 0 Å². The van der Waals surface area contributed by atoms with Gasteiger partial charge in [-0.2, -0.15) is 5.10 Å². The SMILES string of the molecule is CCn1ccc(S(N)(=O)=NC(=O)Nc2c3c(cc4c2CCC4)CCC3)n1. The summed E-state index contributed by atoms with van der Waals surface area (Å²) in [6, 6.07) is 3.17. The van der Waals surface area contributed by atoms with Gasteiger partial charge >= 0.3 is 6.03 Å². The van der Waals surface area contributed by atoms with Crippen LogP contribution in [-0.2, 0) is 42.1 Å². The van der Waals surface area contributed by atoms with Crippen molar-refractivity contribution in [2.45, 2.75) is 57.0 Å². The number of nitrogens with two attached hydrogens (primary N) is 1. The molecule has 1 heterocycles. The molecule has 0 radical (unpaired) electrons. The Kier molecular flexibility index (Phi) is 4.32. The summed E-state index contributed by atoms with van der Waals surface area (Å²) in [5.74, 6) is 0. The molecule has 26 heavy (non-hydrogen) atoms. The average molecular weight is 373 g/mol. The number of aromatic nitrogens is 2. The molecule has 1 aromatic heterocycles. The van der Waals surface area contributed by atoms with Gasteiger partial charge in [0.25, 0.3) is 0 Å². The van der Waals surface area contributed by atoms with Gasteiger partial charge < -0.3 is 5.32 Å². The highest BCUT2D eigenvalue weighted by molar-refractivity contribution is 7.91. The maximum absolute atomic E-state index is 12.7. The van der Waals surface area contributed by atoms with E-state index in [1.54, 1.807) is 16.9 Å². The number of carbonyl (C=O) groups excluding carboxylic acids is 1. The predicted molar refractivity (Wildman–Crippen MR) is 100 cm³/mol. The molecule has 0 saturated heterocycles. The molecular weight excluding hydrogens is 350 g/mol. The van der Waals surface area contributed by atoms with Crippen LogP contribution in [0.5, 0.6) is 0 Å². The molecule has 0 bridgehead atoms. The second-order valence-corrected chi connectivity index (χ2v) is 8.57. The smallest absolute Gasteiger partial charge is 0.305 e. The summed E-state index contributed by atoms with van der Waals surface area (Å²) >= 11 is 0. The predicted octanol–water partition coefficient (Wildman–Crippen LogP) is 2.81. The third-order valence-corrected chi connectivity index (χ3v) is 6.42. The van der Waals surface area contributed by atoms with Crippen LogP contribution >= 0.6 is 0 Å². The molecule has 2 aliphatic carbocycles. The standard InChI is InChI=1S/C18H23N5O2S/c1-2-23-10-9-16(21-23)26(19,25)22-18(24)20-17-14-7-3-5-12(14)11-13-6-4-8-15(13)17/h9-11H,2-8H2,1H3,(H3,19,20,22,24,25). The lowest BCUT2D eigenvalue weighted by atomic mass is 9.99. The zero-order valence-corrected chi connectivity index (χ0v) is 15.6. The summed E-state index contributed by atoms with van der Waals surface area (Å²) in [5, 5.41) is 12.9. The maximum Gasteiger partial charge on any atom is 0.354 e. The molecule has 0 spiro atoms. The monoisotopic (exact) mass is 373 g/mol. The van der Waals surface area contributed by atoms with Crippen LogP contribution in [0.4, 0.5) is 10.5 Å². The second kappa shape index (κ2) is 6.51. The highest BCUT2D eigenvalue weighted by Gasteiger charge is 2.25. The van der Waals surface area contributed by atoms with Crippen LogP contribution in [0.25, 0.3) is 0 Å². The van der Waals surface area contributed by atoms with Crippen molar-refractivity contribution >= 4 is 21.6 Å². The lowest BCUT2D eigenvalue weighted by Crippen LogP contribution is -2.19. The molecule has 1 atom stereocenters. The molecule has 2 aliphatic rings. The van der Waals surface area contributed by atoms with E-state index in [0.717, 1.165) is 44.2 Å². The first-order valence-corrected chi connectivity index (χ1v) is 10.6. The fraction of sp³-hybridized carbons (Fsp3) is 0.444. The van der Waals surface area contributed by atoms with Crippen molar-refractivity contribution < 1.29 is 9.00 Å². The molecule has 3 N–H and O–H groups in total. The molecule has 2 aromatic rings. The van der Waals surface area contributed by atoms with E-state index in [4.69, 9.17) is 5.14 Å². The van der Waals surface area contributed by atoms with Gasteiger partial charge in [0.05, 0.1) is 0 Å². The minimum absolute atomic E-state index is 0.123. The summed E-state index contributed by atoms with van der Waals surface area (Å²) < 4.78 is 18.0. The summed E-state index contributed by atoms with van der Waals surface area (Å²) in [6.45, 7) is 2.54. The Labute approximate surface area is 153 Å². The first kappa shape index (κ1) is 17.2. The molecule has 1 unspecified atom stereocenters. The van der Waals surface area contributed by atoms with E-state index in [1.165, 1.54) is 22.3 Å². The van der Waals surface area contributed by atoms with Crippen LogP contribution in [0.15, 0.2) is 27.7 Å². The number of carbonyl (C=O) groups is 1. The van der Waals surface area contributed by atoms with Gasteiger partial charge in [-0.1, -0.05) is 6.07 Å². The third kappa shape index (κ3) is 3.03. The van der Waals surface area contributed by atoms with Crippen LogP contribution < -0.4 is 10.5 Å². The highest BCUT2D eigenvalue weighted by Crippen LogP contribution is 2.38. The molecule has 0 saturated carbocycles. The number of rotatable bonds is 3. The third-order valence-electron chi connectivity index (χ3n) is 5.16. The molecule has 0 aliphatic heterocycles. The number of fused-ring (bicyclic) bond motifs is 2. The van der Waals surface area contributed by atoms with Crippen molar-refractivity contribution in [3.8, 4) is 0 Å².